The first-order valence-electron chi connectivity index (χ1n) is 6.97. The van der Waals surface area contributed by atoms with Gasteiger partial charge in [-0.25, -0.2) is 13.2 Å². The predicted octanol–water partition coefficient (Wildman–Crippen LogP) is 1.41. The number of carbonyl (C=O) groups excluding carboxylic acids is 2. The number of ether oxygens (including phenoxy) is 2. The minimum Gasteiger partial charge on any atom is -0.460 e. The van der Waals surface area contributed by atoms with Crippen molar-refractivity contribution in [2.45, 2.75) is 43.8 Å². The Kier molecular flexibility index (Phi) is 4.85. The van der Waals surface area contributed by atoms with Gasteiger partial charge in [0.2, 0.25) is 6.10 Å². The molecule has 0 aliphatic carbocycles. The SMILES string of the molecule is Cc1ccc(S(=O)(=O)CCC(=O)O[C@H]2C[C@@H](C)OC2=O)cc1. The molecule has 6 nitrogen and oxygen atoms in total. The van der Waals surface area contributed by atoms with Gasteiger partial charge >= 0.3 is 11.9 Å². The number of sulfone groups is 1. The number of hydrogen-bond acceptors (Lipinski definition) is 6. The van der Waals surface area contributed by atoms with E-state index < -0.39 is 27.9 Å². The Balaban J connectivity index is 1.90. The Bertz CT molecular complexity index is 662. The lowest BCUT2D eigenvalue weighted by Gasteiger charge is -2.09. The van der Waals surface area contributed by atoms with Gasteiger partial charge in [-0.15, -0.1) is 0 Å². The lowest BCUT2D eigenvalue weighted by Crippen LogP contribution is -2.24. The van der Waals surface area contributed by atoms with Gasteiger partial charge in [-0.2, -0.15) is 0 Å². The molecule has 1 aromatic rings. The van der Waals surface area contributed by atoms with Crippen LogP contribution < -0.4 is 0 Å². The van der Waals surface area contributed by atoms with E-state index in [2.05, 4.69) is 0 Å². The zero-order valence-corrected chi connectivity index (χ0v) is 13.3. The van der Waals surface area contributed by atoms with Crippen molar-refractivity contribution in [2.24, 2.45) is 0 Å². The summed E-state index contributed by atoms with van der Waals surface area (Å²) in [5.41, 5.74) is 0.951. The van der Waals surface area contributed by atoms with E-state index in [1.165, 1.54) is 12.1 Å². The third kappa shape index (κ3) is 4.07. The van der Waals surface area contributed by atoms with Crippen LogP contribution in [-0.2, 0) is 28.9 Å². The molecule has 0 unspecified atom stereocenters. The number of aryl methyl sites for hydroxylation is 1. The fourth-order valence-electron chi connectivity index (χ4n) is 2.11. The van der Waals surface area contributed by atoms with E-state index in [-0.39, 0.29) is 23.2 Å². The molecule has 1 fully saturated rings. The third-order valence-electron chi connectivity index (χ3n) is 3.35. The summed E-state index contributed by atoms with van der Waals surface area (Å²) in [6.07, 6.45) is -1.21. The van der Waals surface area contributed by atoms with Crippen molar-refractivity contribution >= 4 is 21.8 Å². The molecule has 1 heterocycles. The van der Waals surface area contributed by atoms with Gasteiger partial charge in [-0.05, 0) is 26.0 Å². The van der Waals surface area contributed by atoms with Crippen LogP contribution in [0.25, 0.3) is 0 Å². The summed E-state index contributed by atoms with van der Waals surface area (Å²) >= 11 is 0. The molecule has 2 rings (SSSR count). The Morgan fingerprint density at radius 1 is 1.32 bits per heavy atom. The molecule has 0 spiro atoms. The van der Waals surface area contributed by atoms with E-state index in [0.717, 1.165) is 5.56 Å². The van der Waals surface area contributed by atoms with Crippen molar-refractivity contribution in [2.75, 3.05) is 5.75 Å². The highest BCUT2D eigenvalue weighted by Gasteiger charge is 2.35. The maximum absolute atomic E-state index is 12.1. The van der Waals surface area contributed by atoms with Crippen LogP contribution in [0, 0.1) is 6.92 Å². The summed E-state index contributed by atoms with van der Waals surface area (Å²) in [7, 11) is -3.55. The molecule has 0 amide bonds. The highest BCUT2D eigenvalue weighted by molar-refractivity contribution is 7.91. The zero-order valence-electron chi connectivity index (χ0n) is 12.4. The summed E-state index contributed by atoms with van der Waals surface area (Å²) in [5.74, 6) is -1.65. The predicted molar refractivity (Wildman–Crippen MR) is 77.9 cm³/mol. The second-order valence-corrected chi connectivity index (χ2v) is 7.45. The van der Waals surface area contributed by atoms with E-state index in [1.54, 1.807) is 19.1 Å². The molecule has 0 saturated carbocycles. The fraction of sp³-hybridized carbons (Fsp3) is 0.467. The van der Waals surface area contributed by atoms with E-state index >= 15 is 0 Å². The third-order valence-corrected chi connectivity index (χ3v) is 5.09. The molecule has 0 bridgehead atoms. The van der Waals surface area contributed by atoms with Crippen LogP contribution in [0.5, 0.6) is 0 Å². The summed E-state index contributed by atoms with van der Waals surface area (Å²) in [6.45, 7) is 3.56. The maximum atomic E-state index is 12.1. The van der Waals surface area contributed by atoms with E-state index in [4.69, 9.17) is 9.47 Å². The van der Waals surface area contributed by atoms with Crippen molar-refractivity contribution in [3.05, 3.63) is 29.8 Å². The van der Waals surface area contributed by atoms with E-state index in [0.29, 0.717) is 6.42 Å². The number of hydrogen-bond donors (Lipinski definition) is 0. The molecule has 22 heavy (non-hydrogen) atoms. The second-order valence-electron chi connectivity index (χ2n) is 5.34. The van der Waals surface area contributed by atoms with Crippen molar-refractivity contribution < 1.29 is 27.5 Å². The first kappa shape index (κ1) is 16.5. The molecule has 1 aliphatic heterocycles. The van der Waals surface area contributed by atoms with Crippen LogP contribution in [0.3, 0.4) is 0 Å². The van der Waals surface area contributed by atoms with Gasteiger partial charge in [-0.3, -0.25) is 4.79 Å². The normalized spacial score (nSPS) is 21.5. The number of benzene rings is 1. The number of rotatable bonds is 5. The monoisotopic (exact) mass is 326 g/mol. The molecule has 1 saturated heterocycles. The van der Waals surface area contributed by atoms with Gasteiger partial charge in [0.1, 0.15) is 6.10 Å². The highest BCUT2D eigenvalue weighted by Crippen LogP contribution is 2.18. The maximum Gasteiger partial charge on any atom is 0.347 e. The topological polar surface area (TPSA) is 86.7 Å². The van der Waals surface area contributed by atoms with Crippen LogP contribution in [0.2, 0.25) is 0 Å². The van der Waals surface area contributed by atoms with Crippen LogP contribution in [0.15, 0.2) is 29.2 Å². The van der Waals surface area contributed by atoms with Crippen molar-refractivity contribution in [3.8, 4) is 0 Å². The molecule has 0 radical (unpaired) electrons. The average molecular weight is 326 g/mol. The Morgan fingerprint density at radius 2 is 1.95 bits per heavy atom. The van der Waals surface area contributed by atoms with E-state index in [1.807, 2.05) is 6.92 Å². The van der Waals surface area contributed by atoms with Gasteiger partial charge in [0.15, 0.2) is 9.84 Å². The summed E-state index contributed by atoms with van der Waals surface area (Å²) in [5, 5.41) is 0. The molecule has 1 aromatic carbocycles. The Labute approximate surface area is 129 Å². The second kappa shape index (κ2) is 6.48. The molecule has 0 aromatic heterocycles. The molecule has 2 atom stereocenters. The lowest BCUT2D eigenvalue weighted by atomic mass is 10.2. The minimum absolute atomic E-state index is 0.166. The molecule has 7 heteroatoms. The summed E-state index contributed by atoms with van der Waals surface area (Å²) in [6, 6.07) is 6.40. The van der Waals surface area contributed by atoms with Crippen molar-refractivity contribution in [1.29, 1.82) is 0 Å². The molecular weight excluding hydrogens is 308 g/mol. The van der Waals surface area contributed by atoms with Gasteiger partial charge in [-0.1, -0.05) is 17.7 Å². The van der Waals surface area contributed by atoms with Gasteiger partial charge in [0.25, 0.3) is 0 Å². The number of cyclic esters (lactones) is 1. The zero-order chi connectivity index (χ0) is 16.3. The summed E-state index contributed by atoms with van der Waals surface area (Å²) in [4.78, 5) is 23.2. The van der Waals surface area contributed by atoms with E-state index in [9.17, 15) is 18.0 Å². The number of carbonyl (C=O) groups is 2. The van der Waals surface area contributed by atoms with Crippen molar-refractivity contribution in [1.82, 2.24) is 0 Å². The molecule has 0 N–H and O–H groups in total. The van der Waals surface area contributed by atoms with Crippen LogP contribution in [0.1, 0.15) is 25.3 Å². The first-order chi connectivity index (χ1) is 10.3. The fourth-order valence-corrected chi connectivity index (χ4v) is 3.34. The minimum atomic E-state index is -3.55. The first-order valence-corrected chi connectivity index (χ1v) is 8.62. The van der Waals surface area contributed by atoms with Gasteiger partial charge in [0.05, 0.1) is 17.1 Å². The van der Waals surface area contributed by atoms with Crippen molar-refractivity contribution in [3.63, 3.8) is 0 Å². The molecular formula is C15H18O6S. The van der Waals surface area contributed by atoms with Gasteiger partial charge in [0, 0.05) is 6.42 Å². The molecule has 120 valence electrons. The van der Waals surface area contributed by atoms with Crippen LogP contribution >= 0.6 is 0 Å². The van der Waals surface area contributed by atoms with Crippen LogP contribution in [0.4, 0.5) is 0 Å². The Hall–Kier alpha value is -1.89. The smallest absolute Gasteiger partial charge is 0.347 e. The average Bonchev–Trinajstić information content (AvgIpc) is 2.75. The number of esters is 2. The Morgan fingerprint density at radius 3 is 2.50 bits per heavy atom. The standard InChI is InChI=1S/C15H18O6S/c1-10-3-5-12(6-4-10)22(18,19)8-7-14(16)21-13-9-11(2)20-15(13)17/h3-6,11,13H,7-9H2,1-2H3/t11-,13+/m1/s1. The lowest BCUT2D eigenvalue weighted by molar-refractivity contribution is -0.160. The molecule has 1 aliphatic rings. The van der Waals surface area contributed by atoms with Gasteiger partial charge < -0.3 is 9.47 Å². The quantitative estimate of drug-likeness (QED) is 0.760. The highest BCUT2D eigenvalue weighted by atomic mass is 32.2. The summed E-state index contributed by atoms with van der Waals surface area (Å²) < 4.78 is 34.0. The van der Waals surface area contributed by atoms with Crippen LogP contribution in [-0.4, -0.2) is 38.3 Å². The largest absolute Gasteiger partial charge is 0.460 e.